The van der Waals surface area contributed by atoms with Gasteiger partial charge in [-0.15, -0.1) is 0 Å². The first-order valence-electron chi connectivity index (χ1n) is 7.56. The van der Waals surface area contributed by atoms with Crippen LogP contribution in [0.15, 0.2) is 30.5 Å². The SMILES string of the molecule is CC(=O)c1c[nH]c(C(=O)OCC(=O)c2ccc3c(c2)CCC3)c1. The fourth-order valence-corrected chi connectivity index (χ4v) is 2.75. The van der Waals surface area contributed by atoms with E-state index in [4.69, 9.17) is 4.74 Å². The van der Waals surface area contributed by atoms with Crippen LogP contribution in [-0.4, -0.2) is 29.1 Å². The fraction of sp³-hybridized carbons (Fsp3) is 0.278. The highest BCUT2D eigenvalue weighted by Gasteiger charge is 2.17. The molecule has 0 bridgehead atoms. The number of fused-ring (bicyclic) bond motifs is 1. The third-order valence-electron chi connectivity index (χ3n) is 4.06. The molecule has 0 aliphatic heterocycles. The van der Waals surface area contributed by atoms with Crippen LogP contribution in [0.2, 0.25) is 0 Å². The maximum absolute atomic E-state index is 12.2. The van der Waals surface area contributed by atoms with E-state index in [1.165, 1.54) is 30.3 Å². The molecular weight excluding hydrogens is 294 g/mol. The van der Waals surface area contributed by atoms with Crippen LogP contribution in [0.3, 0.4) is 0 Å². The summed E-state index contributed by atoms with van der Waals surface area (Å²) in [4.78, 5) is 37.9. The van der Waals surface area contributed by atoms with Crippen molar-refractivity contribution < 1.29 is 19.1 Å². The number of aryl methyl sites for hydroxylation is 2. The molecule has 1 N–H and O–H groups in total. The van der Waals surface area contributed by atoms with Gasteiger partial charge in [-0.2, -0.15) is 0 Å². The lowest BCUT2D eigenvalue weighted by Gasteiger charge is -2.05. The second-order valence-corrected chi connectivity index (χ2v) is 5.69. The first kappa shape index (κ1) is 15.2. The van der Waals surface area contributed by atoms with E-state index in [1.807, 2.05) is 12.1 Å². The Morgan fingerprint density at radius 2 is 1.87 bits per heavy atom. The minimum absolute atomic E-state index is 0.144. The van der Waals surface area contributed by atoms with Crippen molar-refractivity contribution in [2.24, 2.45) is 0 Å². The summed E-state index contributed by atoms with van der Waals surface area (Å²) in [6.07, 6.45) is 4.62. The van der Waals surface area contributed by atoms with Gasteiger partial charge in [0, 0.05) is 17.3 Å². The zero-order valence-corrected chi connectivity index (χ0v) is 12.8. The molecule has 0 saturated carbocycles. The number of esters is 1. The van der Waals surface area contributed by atoms with Crippen LogP contribution < -0.4 is 0 Å². The first-order chi connectivity index (χ1) is 11.0. The Bertz CT molecular complexity index is 788. The van der Waals surface area contributed by atoms with Gasteiger partial charge < -0.3 is 9.72 Å². The summed E-state index contributed by atoms with van der Waals surface area (Å²) in [5.41, 5.74) is 3.63. The highest BCUT2D eigenvalue weighted by Crippen LogP contribution is 2.23. The van der Waals surface area contributed by atoms with Gasteiger partial charge in [-0.05, 0) is 49.4 Å². The van der Waals surface area contributed by atoms with E-state index in [0.29, 0.717) is 11.1 Å². The van der Waals surface area contributed by atoms with Gasteiger partial charge in [0.25, 0.3) is 0 Å². The number of hydrogen-bond acceptors (Lipinski definition) is 4. The van der Waals surface area contributed by atoms with Crippen molar-refractivity contribution in [2.75, 3.05) is 6.61 Å². The van der Waals surface area contributed by atoms with Gasteiger partial charge in [0.1, 0.15) is 5.69 Å². The van der Waals surface area contributed by atoms with Crippen LogP contribution in [0, 0.1) is 0 Å². The summed E-state index contributed by atoms with van der Waals surface area (Å²) in [5.74, 6) is -1.02. The lowest BCUT2D eigenvalue weighted by molar-refractivity contribution is 0.0469. The molecule has 1 aliphatic carbocycles. The molecule has 3 rings (SSSR count). The van der Waals surface area contributed by atoms with E-state index in [9.17, 15) is 14.4 Å². The van der Waals surface area contributed by atoms with Crippen molar-refractivity contribution in [1.82, 2.24) is 4.98 Å². The molecule has 0 amide bonds. The Hall–Kier alpha value is -2.69. The molecule has 0 fully saturated rings. The van der Waals surface area contributed by atoms with E-state index in [-0.39, 0.29) is 23.9 Å². The molecule has 1 heterocycles. The molecule has 0 spiro atoms. The lowest BCUT2D eigenvalue weighted by Crippen LogP contribution is -2.14. The molecule has 23 heavy (non-hydrogen) atoms. The Morgan fingerprint density at radius 3 is 2.61 bits per heavy atom. The number of ether oxygens (including phenoxy) is 1. The number of ketones is 2. The molecule has 5 heteroatoms. The second-order valence-electron chi connectivity index (χ2n) is 5.69. The lowest BCUT2D eigenvalue weighted by atomic mass is 10.0. The highest BCUT2D eigenvalue weighted by atomic mass is 16.5. The number of H-pyrrole nitrogens is 1. The molecule has 2 aromatic rings. The van der Waals surface area contributed by atoms with E-state index >= 15 is 0 Å². The largest absolute Gasteiger partial charge is 0.453 e. The number of benzene rings is 1. The maximum atomic E-state index is 12.2. The number of nitrogens with one attached hydrogen (secondary N) is 1. The van der Waals surface area contributed by atoms with Crippen LogP contribution in [0.1, 0.15) is 55.7 Å². The molecule has 0 saturated heterocycles. The zero-order chi connectivity index (χ0) is 16.4. The molecule has 0 unspecified atom stereocenters. The van der Waals surface area contributed by atoms with Crippen molar-refractivity contribution in [1.29, 1.82) is 0 Å². The van der Waals surface area contributed by atoms with E-state index in [1.54, 1.807) is 6.07 Å². The van der Waals surface area contributed by atoms with Crippen LogP contribution in [-0.2, 0) is 17.6 Å². The number of hydrogen-bond donors (Lipinski definition) is 1. The van der Waals surface area contributed by atoms with Crippen LogP contribution in [0.25, 0.3) is 0 Å². The van der Waals surface area contributed by atoms with Crippen LogP contribution in [0.4, 0.5) is 0 Å². The summed E-state index contributed by atoms with van der Waals surface area (Å²) in [7, 11) is 0. The molecule has 0 radical (unpaired) electrons. The number of Topliss-reactive ketones (excluding diaryl/α,β-unsaturated/α-hetero) is 2. The van der Waals surface area contributed by atoms with Crippen molar-refractivity contribution in [3.8, 4) is 0 Å². The van der Waals surface area contributed by atoms with Crippen molar-refractivity contribution >= 4 is 17.5 Å². The van der Waals surface area contributed by atoms with Gasteiger partial charge >= 0.3 is 5.97 Å². The molecule has 1 aromatic heterocycles. The summed E-state index contributed by atoms with van der Waals surface area (Å²) < 4.78 is 5.03. The molecular formula is C18H17NO4. The summed E-state index contributed by atoms with van der Waals surface area (Å²) >= 11 is 0. The van der Waals surface area contributed by atoms with Gasteiger partial charge in [-0.3, -0.25) is 9.59 Å². The third kappa shape index (κ3) is 3.23. The predicted octanol–water partition coefficient (Wildman–Crippen LogP) is 2.75. The van der Waals surface area contributed by atoms with Crippen molar-refractivity contribution in [3.63, 3.8) is 0 Å². The topological polar surface area (TPSA) is 76.2 Å². The van der Waals surface area contributed by atoms with Gasteiger partial charge in [0.05, 0.1) is 0 Å². The zero-order valence-electron chi connectivity index (χ0n) is 12.8. The number of aromatic nitrogens is 1. The van der Waals surface area contributed by atoms with E-state index in [2.05, 4.69) is 4.98 Å². The average molecular weight is 311 g/mol. The third-order valence-corrected chi connectivity index (χ3v) is 4.06. The Balaban J connectivity index is 1.62. The Morgan fingerprint density at radius 1 is 1.09 bits per heavy atom. The van der Waals surface area contributed by atoms with Gasteiger partial charge in [-0.25, -0.2) is 4.79 Å². The number of carbonyl (C=O) groups is 3. The number of rotatable bonds is 5. The van der Waals surface area contributed by atoms with Crippen LogP contribution in [0.5, 0.6) is 0 Å². The smallest absolute Gasteiger partial charge is 0.355 e. The van der Waals surface area contributed by atoms with Crippen LogP contribution >= 0.6 is 0 Å². The molecule has 118 valence electrons. The first-order valence-corrected chi connectivity index (χ1v) is 7.56. The Kier molecular flexibility index (Phi) is 4.10. The van der Waals surface area contributed by atoms with E-state index in [0.717, 1.165) is 19.3 Å². The molecule has 1 aliphatic rings. The summed E-state index contributed by atoms with van der Waals surface area (Å²) in [6.45, 7) is 1.10. The standard InChI is InChI=1S/C18H17NO4/c1-11(20)15-8-16(19-9-15)18(22)23-10-17(21)14-6-5-12-3-2-4-13(12)7-14/h5-9,19H,2-4,10H2,1H3. The maximum Gasteiger partial charge on any atom is 0.355 e. The number of carbonyl (C=O) groups excluding carboxylic acids is 3. The van der Waals surface area contributed by atoms with Crippen molar-refractivity contribution in [3.05, 3.63) is 58.4 Å². The van der Waals surface area contributed by atoms with Gasteiger partial charge in [-0.1, -0.05) is 12.1 Å². The monoisotopic (exact) mass is 311 g/mol. The predicted molar refractivity (Wildman–Crippen MR) is 83.9 cm³/mol. The number of aromatic amines is 1. The normalized spacial score (nSPS) is 12.7. The summed E-state index contributed by atoms with van der Waals surface area (Å²) in [6, 6.07) is 7.07. The van der Waals surface area contributed by atoms with E-state index < -0.39 is 5.97 Å². The fourth-order valence-electron chi connectivity index (χ4n) is 2.75. The quantitative estimate of drug-likeness (QED) is 0.680. The summed E-state index contributed by atoms with van der Waals surface area (Å²) in [5, 5.41) is 0. The minimum Gasteiger partial charge on any atom is -0.453 e. The van der Waals surface area contributed by atoms with Crippen molar-refractivity contribution in [2.45, 2.75) is 26.2 Å². The van der Waals surface area contributed by atoms with Gasteiger partial charge in [0.2, 0.25) is 0 Å². The second kappa shape index (κ2) is 6.20. The van der Waals surface area contributed by atoms with Gasteiger partial charge in [0.15, 0.2) is 18.2 Å². The average Bonchev–Trinajstić information content (AvgIpc) is 3.20. The Labute approximate surface area is 133 Å². The molecule has 1 aromatic carbocycles. The highest BCUT2D eigenvalue weighted by molar-refractivity contribution is 6.00. The molecule has 5 nitrogen and oxygen atoms in total. The minimum atomic E-state index is -0.646. The molecule has 0 atom stereocenters.